The molecule has 0 spiro atoms. The first-order valence-corrected chi connectivity index (χ1v) is 4.35. The van der Waals surface area contributed by atoms with Crippen molar-refractivity contribution in [3.8, 4) is 0 Å². The number of carbonyl (C=O) groups excluding carboxylic acids is 1. The van der Waals surface area contributed by atoms with Crippen LogP contribution in [-0.4, -0.2) is 11.8 Å². The number of rotatable bonds is 2. The van der Waals surface area contributed by atoms with Crippen LogP contribution in [0.1, 0.15) is 0 Å². The molecule has 0 unspecified atom stereocenters. The van der Waals surface area contributed by atoms with Crippen molar-refractivity contribution < 1.29 is 9.18 Å². The van der Waals surface area contributed by atoms with Crippen molar-refractivity contribution in [1.29, 1.82) is 0 Å². The molecule has 1 amide bonds. The molecule has 13 heavy (non-hydrogen) atoms. The van der Waals surface area contributed by atoms with Crippen LogP contribution in [0.5, 0.6) is 0 Å². The molecular formula is C8H6Cl2FNO. The smallest absolute Gasteiger partial charge is 0.239 e. The maximum atomic E-state index is 12.7. The summed E-state index contributed by atoms with van der Waals surface area (Å²) in [6, 6.07) is 3.70. The lowest BCUT2D eigenvalue weighted by Gasteiger charge is -2.04. The molecule has 0 radical (unpaired) electrons. The maximum Gasteiger partial charge on any atom is 0.239 e. The van der Waals surface area contributed by atoms with Gasteiger partial charge in [-0.15, -0.1) is 11.6 Å². The Balaban J connectivity index is 2.87. The van der Waals surface area contributed by atoms with Crippen LogP contribution >= 0.6 is 23.2 Å². The second-order valence-electron chi connectivity index (χ2n) is 2.31. The van der Waals surface area contributed by atoms with Crippen molar-refractivity contribution in [3.05, 3.63) is 29.0 Å². The van der Waals surface area contributed by atoms with E-state index < -0.39 is 11.7 Å². The standard InChI is InChI=1S/C8H6Cl2FNO/c9-4-8(13)12-7-3-5(11)1-2-6(7)10/h1-3H,4H2,(H,12,13). The normalized spacial score (nSPS) is 9.77. The van der Waals surface area contributed by atoms with Gasteiger partial charge in [0.15, 0.2) is 0 Å². The third-order valence-electron chi connectivity index (χ3n) is 1.32. The summed E-state index contributed by atoms with van der Waals surface area (Å²) in [6.07, 6.45) is 0. The van der Waals surface area contributed by atoms with E-state index >= 15 is 0 Å². The van der Waals surface area contributed by atoms with Crippen LogP contribution in [0.25, 0.3) is 0 Å². The van der Waals surface area contributed by atoms with Crippen molar-refractivity contribution >= 4 is 34.8 Å². The number of alkyl halides is 1. The van der Waals surface area contributed by atoms with Crippen molar-refractivity contribution in [1.82, 2.24) is 0 Å². The van der Waals surface area contributed by atoms with E-state index in [2.05, 4.69) is 5.32 Å². The van der Waals surface area contributed by atoms with E-state index in [0.717, 1.165) is 6.07 Å². The van der Waals surface area contributed by atoms with Crippen LogP contribution in [0, 0.1) is 5.82 Å². The molecule has 0 heterocycles. The molecule has 1 rings (SSSR count). The summed E-state index contributed by atoms with van der Waals surface area (Å²) < 4.78 is 12.7. The Labute approximate surface area is 84.6 Å². The van der Waals surface area contributed by atoms with Crippen molar-refractivity contribution in [2.45, 2.75) is 0 Å². The predicted molar refractivity (Wildman–Crippen MR) is 50.8 cm³/mol. The Hall–Kier alpha value is -0.800. The van der Waals surface area contributed by atoms with E-state index in [0.29, 0.717) is 0 Å². The molecule has 1 aromatic carbocycles. The number of benzene rings is 1. The van der Waals surface area contributed by atoms with E-state index in [-0.39, 0.29) is 16.6 Å². The molecule has 5 heteroatoms. The fourth-order valence-electron chi connectivity index (χ4n) is 0.777. The van der Waals surface area contributed by atoms with Crippen LogP contribution in [-0.2, 0) is 4.79 Å². The second-order valence-corrected chi connectivity index (χ2v) is 2.98. The van der Waals surface area contributed by atoms with Crippen LogP contribution in [0.2, 0.25) is 5.02 Å². The first kappa shape index (κ1) is 10.3. The first-order valence-electron chi connectivity index (χ1n) is 3.44. The second kappa shape index (κ2) is 4.44. The molecule has 1 N–H and O–H groups in total. The summed E-state index contributed by atoms with van der Waals surface area (Å²) in [6.45, 7) is 0. The molecule has 0 aliphatic carbocycles. The minimum Gasteiger partial charge on any atom is -0.324 e. The van der Waals surface area contributed by atoms with Gasteiger partial charge in [0.2, 0.25) is 5.91 Å². The molecule has 0 saturated carbocycles. The molecule has 70 valence electrons. The molecule has 0 atom stereocenters. The van der Waals surface area contributed by atoms with E-state index in [9.17, 15) is 9.18 Å². The van der Waals surface area contributed by atoms with E-state index in [1.165, 1.54) is 12.1 Å². The third kappa shape index (κ3) is 2.86. The van der Waals surface area contributed by atoms with Gasteiger partial charge in [0, 0.05) is 0 Å². The Morgan fingerprint density at radius 2 is 2.23 bits per heavy atom. The third-order valence-corrected chi connectivity index (χ3v) is 1.90. The fraction of sp³-hybridized carbons (Fsp3) is 0.125. The summed E-state index contributed by atoms with van der Waals surface area (Å²) in [5.74, 6) is -1.07. The first-order chi connectivity index (χ1) is 6.13. The minimum absolute atomic E-state index is 0.188. The summed E-state index contributed by atoms with van der Waals surface area (Å²) in [4.78, 5) is 10.8. The quantitative estimate of drug-likeness (QED) is 0.765. The van der Waals surface area contributed by atoms with Gasteiger partial charge in [0.25, 0.3) is 0 Å². The molecule has 1 aromatic rings. The zero-order valence-electron chi connectivity index (χ0n) is 6.48. The highest BCUT2D eigenvalue weighted by Gasteiger charge is 2.05. The SMILES string of the molecule is O=C(CCl)Nc1cc(F)ccc1Cl. The topological polar surface area (TPSA) is 29.1 Å². The fourth-order valence-corrected chi connectivity index (χ4v) is 1.01. The molecule has 0 aliphatic heterocycles. The molecule has 0 bridgehead atoms. The summed E-state index contributed by atoms with van der Waals surface area (Å²) >= 11 is 10.9. The maximum absolute atomic E-state index is 12.7. The van der Waals surface area contributed by atoms with Crippen LogP contribution in [0.4, 0.5) is 10.1 Å². The van der Waals surface area contributed by atoms with Crippen molar-refractivity contribution in [2.24, 2.45) is 0 Å². The number of hydrogen-bond acceptors (Lipinski definition) is 1. The number of halogens is 3. The average molecular weight is 222 g/mol. The number of nitrogens with one attached hydrogen (secondary N) is 1. The Morgan fingerprint density at radius 1 is 1.54 bits per heavy atom. The predicted octanol–water partition coefficient (Wildman–Crippen LogP) is 2.66. The highest BCUT2D eigenvalue weighted by atomic mass is 35.5. The van der Waals surface area contributed by atoms with Crippen LogP contribution < -0.4 is 5.32 Å². The van der Waals surface area contributed by atoms with Crippen LogP contribution in [0.3, 0.4) is 0 Å². The average Bonchev–Trinajstić information content (AvgIpc) is 2.11. The highest BCUT2D eigenvalue weighted by Crippen LogP contribution is 2.22. The van der Waals surface area contributed by atoms with Gasteiger partial charge in [0.05, 0.1) is 10.7 Å². The van der Waals surface area contributed by atoms with Gasteiger partial charge in [0.1, 0.15) is 11.7 Å². The number of hydrogen-bond donors (Lipinski definition) is 1. The molecule has 0 saturated heterocycles. The Morgan fingerprint density at radius 3 is 2.85 bits per heavy atom. The molecule has 0 fully saturated rings. The van der Waals surface area contributed by atoms with Gasteiger partial charge >= 0.3 is 0 Å². The monoisotopic (exact) mass is 221 g/mol. The largest absolute Gasteiger partial charge is 0.324 e. The lowest BCUT2D eigenvalue weighted by atomic mass is 10.3. The Kier molecular flexibility index (Phi) is 3.51. The van der Waals surface area contributed by atoms with Gasteiger partial charge in [-0.05, 0) is 18.2 Å². The number of amides is 1. The summed E-state index contributed by atoms with van der Waals surface area (Å²) in [7, 11) is 0. The van der Waals surface area contributed by atoms with Gasteiger partial charge in [-0.25, -0.2) is 4.39 Å². The summed E-state index contributed by atoms with van der Waals surface area (Å²) in [5, 5.41) is 2.64. The van der Waals surface area contributed by atoms with Crippen molar-refractivity contribution in [2.75, 3.05) is 11.2 Å². The van der Waals surface area contributed by atoms with E-state index in [1.54, 1.807) is 0 Å². The van der Waals surface area contributed by atoms with Crippen LogP contribution in [0.15, 0.2) is 18.2 Å². The zero-order valence-corrected chi connectivity index (χ0v) is 7.99. The van der Waals surface area contributed by atoms with Gasteiger partial charge in [-0.2, -0.15) is 0 Å². The van der Waals surface area contributed by atoms with E-state index in [4.69, 9.17) is 23.2 Å². The van der Waals surface area contributed by atoms with Crippen molar-refractivity contribution in [3.63, 3.8) is 0 Å². The highest BCUT2D eigenvalue weighted by molar-refractivity contribution is 6.34. The van der Waals surface area contributed by atoms with Gasteiger partial charge in [-0.1, -0.05) is 11.6 Å². The number of anilines is 1. The van der Waals surface area contributed by atoms with Gasteiger partial charge < -0.3 is 5.32 Å². The lowest BCUT2D eigenvalue weighted by molar-refractivity contribution is -0.113. The molecule has 0 aromatic heterocycles. The molecule has 2 nitrogen and oxygen atoms in total. The summed E-state index contributed by atoms with van der Waals surface area (Å²) in [5.41, 5.74) is 0.229. The minimum atomic E-state index is -0.464. The molecule has 0 aliphatic rings. The van der Waals surface area contributed by atoms with Gasteiger partial charge in [-0.3, -0.25) is 4.79 Å². The zero-order chi connectivity index (χ0) is 9.84. The number of carbonyl (C=O) groups is 1. The molecular weight excluding hydrogens is 216 g/mol. The lowest BCUT2D eigenvalue weighted by Crippen LogP contribution is -2.12. The van der Waals surface area contributed by atoms with E-state index in [1.807, 2.05) is 0 Å². The Bertz CT molecular complexity index is 330.